The van der Waals surface area contributed by atoms with Crippen molar-refractivity contribution in [3.63, 3.8) is 0 Å². The van der Waals surface area contributed by atoms with E-state index in [4.69, 9.17) is 5.11 Å². The van der Waals surface area contributed by atoms with Gasteiger partial charge in [-0.15, -0.1) is 13.2 Å². The van der Waals surface area contributed by atoms with Crippen molar-refractivity contribution in [2.24, 2.45) is 0 Å². The lowest BCUT2D eigenvalue weighted by Crippen LogP contribution is -2.22. The number of carboxylic acids is 1. The highest BCUT2D eigenvalue weighted by molar-refractivity contribution is 6.01. The molecular weight excluding hydrogens is 314 g/mol. The van der Waals surface area contributed by atoms with Crippen LogP contribution in [0.25, 0.3) is 0 Å². The molecule has 0 aliphatic carbocycles. The molecule has 120 valence electrons. The lowest BCUT2D eigenvalue weighted by molar-refractivity contribution is -0.274. The molecule has 0 atom stereocenters. The molecule has 0 aliphatic rings. The van der Waals surface area contributed by atoms with E-state index < -0.39 is 41.2 Å². The van der Waals surface area contributed by atoms with E-state index in [-0.39, 0.29) is 6.61 Å². The molecule has 1 aromatic rings. The van der Waals surface area contributed by atoms with Crippen LogP contribution >= 0.6 is 0 Å². The standard InChI is InChI=1S/C12H9F4NO5/c1-2-5-21-11(20)17-9-7(22-12(14,15)16)4-3-6(13)8(9)10(18)19/h2-4H,1,5H2,(H,17,20)(H,18,19). The summed E-state index contributed by atoms with van der Waals surface area (Å²) in [5.74, 6) is -4.35. The number of rotatable bonds is 5. The van der Waals surface area contributed by atoms with E-state index >= 15 is 0 Å². The minimum Gasteiger partial charge on any atom is -0.478 e. The Balaban J connectivity index is 3.27. The van der Waals surface area contributed by atoms with Gasteiger partial charge in [0.25, 0.3) is 0 Å². The first-order chi connectivity index (χ1) is 10.2. The maximum Gasteiger partial charge on any atom is 0.573 e. The molecule has 0 aromatic heterocycles. The third kappa shape index (κ3) is 4.65. The second-order valence-electron chi connectivity index (χ2n) is 3.66. The van der Waals surface area contributed by atoms with Crippen molar-refractivity contribution in [2.75, 3.05) is 11.9 Å². The summed E-state index contributed by atoms with van der Waals surface area (Å²) in [5.41, 5.74) is -2.21. The van der Waals surface area contributed by atoms with Gasteiger partial charge in [0.2, 0.25) is 0 Å². The number of carbonyl (C=O) groups is 2. The van der Waals surface area contributed by atoms with Gasteiger partial charge in [-0.1, -0.05) is 12.7 Å². The Kier molecular flexibility index (Phi) is 5.33. The van der Waals surface area contributed by atoms with Gasteiger partial charge in [-0.2, -0.15) is 0 Å². The van der Waals surface area contributed by atoms with Gasteiger partial charge < -0.3 is 14.6 Å². The minimum atomic E-state index is -5.17. The molecule has 0 spiro atoms. The van der Waals surface area contributed by atoms with E-state index in [0.717, 1.165) is 6.08 Å². The quantitative estimate of drug-likeness (QED) is 0.642. The minimum absolute atomic E-state index is 0.293. The fourth-order valence-corrected chi connectivity index (χ4v) is 1.37. The van der Waals surface area contributed by atoms with Crippen molar-refractivity contribution >= 4 is 17.7 Å². The largest absolute Gasteiger partial charge is 0.573 e. The van der Waals surface area contributed by atoms with E-state index in [1.165, 1.54) is 0 Å². The summed E-state index contributed by atoms with van der Waals surface area (Å²) in [6.07, 6.45) is -5.31. The summed E-state index contributed by atoms with van der Waals surface area (Å²) < 4.78 is 58.3. The number of nitrogens with one attached hydrogen (secondary N) is 1. The molecule has 0 saturated carbocycles. The molecule has 0 fully saturated rings. The molecule has 22 heavy (non-hydrogen) atoms. The van der Waals surface area contributed by atoms with Crippen LogP contribution in [0.1, 0.15) is 10.4 Å². The van der Waals surface area contributed by atoms with Crippen molar-refractivity contribution in [1.29, 1.82) is 0 Å². The Morgan fingerprint density at radius 3 is 2.50 bits per heavy atom. The highest BCUT2D eigenvalue weighted by atomic mass is 19.4. The summed E-state index contributed by atoms with van der Waals surface area (Å²) >= 11 is 0. The number of ether oxygens (including phenoxy) is 2. The van der Waals surface area contributed by atoms with Crippen LogP contribution in [-0.2, 0) is 4.74 Å². The number of alkyl halides is 3. The summed E-state index contributed by atoms with van der Waals surface area (Å²) in [5, 5.41) is 10.6. The number of carboxylic acid groups (broad SMARTS) is 1. The molecule has 0 unspecified atom stereocenters. The molecule has 1 aromatic carbocycles. The molecule has 1 rings (SSSR count). The number of benzene rings is 1. The Labute approximate surface area is 120 Å². The van der Waals surface area contributed by atoms with Crippen molar-refractivity contribution in [2.45, 2.75) is 6.36 Å². The van der Waals surface area contributed by atoms with Crippen molar-refractivity contribution in [3.8, 4) is 5.75 Å². The summed E-state index contributed by atoms with van der Waals surface area (Å²) in [6, 6.07) is 0.989. The third-order valence-corrected chi connectivity index (χ3v) is 2.12. The summed E-state index contributed by atoms with van der Waals surface area (Å²) in [6.45, 7) is 2.94. The molecular formula is C12H9F4NO5. The van der Waals surface area contributed by atoms with Crippen LogP contribution < -0.4 is 10.1 Å². The molecule has 0 radical (unpaired) electrons. The predicted octanol–water partition coefficient (Wildman–Crippen LogP) is 3.16. The number of carbonyl (C=O) groups excluding carboxylic acids is 1. The maximum absolute atomic E-state index is 13.5. The highest BCUT2D eigenvalue weighted by Gasteiger charge is 2.34. The number of hydrogen-bond acceptors (Lipinski definition) is 4. The first-order valence-corrected chi connectivity index (χ1v) is 5.52. The van der Waals surface area contributed by atoms with Crippen LogP contribution in [0.5, 0.6) is 5.75 Å². The van der Waals surface area contributed by atoms with Gasteiger partial charge in [0.15, 0.2) is 5.75 Å². The smallest absolute Gasteiger partial charge is 0.478 e. The van der Waals surface area contributed by atoms with Crippen molar-refractivity contribution in [1.82, 2.24) is 0 Å². The molecule has 0 bridgehead atoms. The number of halogens is 4. The first kappa shape index (κ1) is 17.3. The topological polar surface area (TPSA) is 84.9 Å². The van der Waals surface area contributed by atoms with Gasteiger partial charge >= 0.3 is 18.4 Å². The maximum atomic E-state index is 13.5. The second kappa shape index (κ2) is 6.78. The highest BCUT2D eigenvalue weighted by Crippen LogP contribution is 2.34. The average Bonchev–Trinajstić information content (AvgIpc) is 2.37. The number of amides is 1. The van der Waals surface area contributed by atoms with Gasteiger partial charge in [0.1, 0.15) is 23.7 Å². The predicted molar refractivity (Wildman–Crippen MR) is 65.2 cm³/mol. The summed E-state index contributed by atoms with van der Waals surface area (Å²) in [7, 11) is 0. The molecule has 0 saturated heterocycles. The van der Waals surface area contributed by atoms with Gasteiger partial charge in [0, 0.05) is 0 Å². The van der Waals surface area contributed by atoms with E-state index in [2.05, 4.69) is 16.1 Å². The van der Waals surface area contributed by atoms with E-state index in [1.807, 2.05) is 0 Å². The Bertz CT molecular complexity index is 600. The normalized spacial score (nSPS) is 10.7. The van der Waals surface area contributed by atoms with Crippen LogP contribution in [-0.4, -0.2) is 30.1 Å². The van der Waals surface area contributed by atoms with Crippen LogP contribution in [0.4, 0.5) is 28.0 Å². The van der Waals surface area contributed by atoms with Crippen LogP contribution in [0, 0.1) is 5.82 Å². The Morgan fingerprint density at radius 1 is 1.36 bits per heavy atom. The zero-order valence-corrected chi connectivity index (χ0v) is 10.7. The van der Waals surface area contributed by atoms with E-state index in [0.29, 0.717) is 12.1 Å². The lowest BCUT2D eigenvalue weighted by Gasteiger charge is -2.16. The van der Waals surface area contributed by atoms with Crippen LogP contribution in [0.2, 0.25) is 0 Å². The zero-order chi connectivity index (χ0) is 16.9. The van der Waals surface area contributed by atoms with Crippen molar-refractivity contribution < 1.29 is 41.7 Å². The molecule has 2 N–H and O–H groups in total. The molecule has 6 nitrogen and oxygen atoms in total. The Morgan fingerprint density at radius 2 is 2.00 bits per heavy atom. The third-order valence-electron chi connectivity index (χ3n) is 2.12. The van der Waals surface area contributed by atoms with Gasteiger partial charge in [0.05, 0.1) is 0 Å². The SMILES string of the molecule is C=CCOC(=O)Nc1c(OC(F)(F)F)ccc(F)c1C(=O)O. The second-order valence-corrected chi connectivity index (χ2v) is 3.66. The number of anilines is 1. The van der Waals surface area contributed by atoms with Crippen LogP contribution in [0.15, 0.2) is 24.8 Å². The lowest BCUT2D eigenvalue weighted by atomic mass is 10.1. The Hall–Kier alpha value is -2.78. The zero-order valence-electron chi connectivity index (χ0n) is 10.7. The fourth-order valence-electron chi connectivity index (χ4n) is 1.37. The molecule has 0 heterocycles. The molecule has 0 aliphatic heterocycles. The van der Waals surface area contributed by atoms with Crippen molar-refractivity contribution in [3.05, 3.63) is 36.2 Å². The van der Waals surface area contributed by atoms with E-state index in [1.54, 1.807) is 5.32 Å². The summed E-state index contributed by atoms with van der Waals surface area (Å²) in [4.78, 5) is 22.3. The fraction of sp³-hybridized carbons (Fsp3) is 0.167. The van der Waals surface area contributed by atoms with E-state index in [9.17, 15) is 27.2 Å². The average molecular weight is 323 g/mol. The number of hydrogen-bond donors (Lipinski definition) is 2. The first-order valence-electron chi connectivity index (χ1n) is 5.52. The van der Waals surface area contributed by atoms with Gasteiger partial charge in [-0.3, -0.25) is 5.32 Å². The number of aromatic carboxylic acids is 1. The monoisotopic (exact) mass is 323 g/mol. The van der Waals surface area contributed by atoms with Crippen LogP contribution in [0.3, 0.4) is 0 Å². The van der Waals surface area contributed by atoms with Gasteiger partial charge in [-0.25, -0.2) is 14.0 Å². The molecule has 10 heteroatoms. The molecule has 1 amide bonds. The van der Waals surface area contributed by atoms with Gasteiger partial charge in [-0.05, 0) is 12.1 Å².